The topological polar surface area (TPSA) is 40.0 Å². The fourth-order valence-electron chi connectivity index (χ4n) is 2.07. The second-order valence-electron chi connectivity index (χ2n) is 5.15. The van der Waals surface area contributed by atoms with E-state index in [4.69, 9.17) is 14.3 Å². The molecule has 1 saturated heterocycles. The van der Waals surface area contributed by atoms with E-state index in [1.54, 1.807) is 12.2 Å². The van der Waals surface area contributed by atoms with Crippen LogP contribution in [-0.2, 0) is 14.3 Å². The molecule has 2 atom stereocenters. The van der Waals surface area contributed by atoms with Gasteiger partial charge < -0.3 is 14.3 Å². The van der Waals surface area contributed by atoms with E-state index in [9.17, 15) is 0 Å². The summed E-state index contributed by atoms with van der Waals surface area (Å²) in [4.78, 5) is 5.07. The van der Waals surface area contributed by atoms with Crippen LogP contribution < -0.4 is 0 Å². The van der Waals surface area contributed by atoms with Gasteiger partial charge in [-0.3, -0.25) is 0 Å². The van der Waals surface area contributed by atoms with Crippen molar-refractivity contribution in [1.82, 2.24) is 0 Å². The van der Waals surface area contributed by atoms with E-state index in [0.29, 0.717) is 32.3 Å². The van der Waals surface area contributed by atoms with Gasteiger partial charge in [-0.15, -0.1) is 0 Å². The zero-order chi connectivity index (χ0) is 17.5. The number of hydrogen-bond acceptors (Lipinski definition) is 4. The minimum Gasteiger partial charge on any atom is -0.395 e. The fourth-order valence-corrected chi connectivity index (χ4v) is 2.07. The minimum absolute atomic E-state index is 0.130. The largest absolute Gasteiger partial charge is 0.395 e. The summed E-state index contributed by atoms with van der Waals surface area (Å²) in [6, 6.07) is 0. The van der Waals surface area contributed by atoms with Crippen LogP contribution in [0.15, 0.2) is 42.1 Å². The summed E-state index contributed by atoms with van der Waals surface area (Å²) in [5.74, 6) is 0.412. The van der Waals surface area contributed by atoms with E-state index in [1.165, 1.54) is 6.42 Å². The Morgan fingerprint density at radius 1 is 1.35 bits per heavy atom. The molecule has 4 heteroatoms. The average molecular weight is 323 g/mol. The van der Waals surface area contributed by atoms with Gasteiger partial charge in [0, 0.05) is 5.92 Å². The van der Waals surface area contributed by atoms with E-state index in [0.717, 1.165) is 17.7 Å². The fraction of sp³-hybridized carbons (Fsp3) is 0.632. The molecule has 2 aliphatic rings. The smallest absolute Gasteiger partial charge is 0.125 e. The summed E-state index contributed by atoms with van der Waals surface area (Å²) in [6.45, 7) is 18.0. The molecule has 4 nitrogen and oxygen atoms in total. The third-order valence-electron chi connectivity index (χ3n) is 3.11. The molecule has 2 aliphatic heterocycles. The van der Waals surface area contributed by atoms with Crippen LogP contribution in [0.3, 0.4) is 0 Å². The number of fused-ring (bicyclic) bond motifs is 1. The zero-order valence-corrected chi connectivity index (χ0v) is 15.2. The maximum Gasteiger partial charge on any atom is 0.125 e. The lowest BCUT2D eigenvalue weighted by Gasteiger charge is -2.26. The first kappa shape index (κ1) is 21.6. The summed E-state index contributed by atoms with van der Waals surface area (Å²) in [5.41, 5.74) is 2.05. The molecule has 0 aromatic rings. The monoisotopic (exact) mass is 323 g/mol. The Morgan fingerprint density at radius 3 is 2.65 bits per heavy atom. The number of oxime groups is 1. The van der Waals surface area contributed by atoms with E-state index >= 15 is 0 Å². The van der Waals surface area contributed by atoms with E-state index in [-0.39, 0.29) is 6.10 Å². The van der Waals surface area contributed by atoms with Crippen molar-refractivity contribution in [2.75, 3.05) is 26.4 Å². The molecule has 2 rings (SSSR count). The van der Waals surface area contributed by atoms with Crippen molar-refractivity contribution < 1.29 is 14.3 Å². The van der Waals surface area contributed by atoms with Crippen molar-refractivity contribution in [2.45, 2.75) is 46.6 Å². The van der Waals surface area contributed by atoms with Gasteiger partial charge in [-0.05, 0) is 12.0 Å². The maximum absolute atomic E-state index is 5.67. The van der Waals surface area contributed by atoms with Crippen LogP contribution in [0.2, 0.25) is 0 Å². The van der Waals surface area contributed by atoms with Crippen LogP contribution in [-0.4, -0.2) is 38.2 Å². The van der Waals surface area contributed by atoms with Gasteiger partial charge in [0.1, 0.15) is 6.61 Å². The van der Waals surface area contributed by atoms with E-state index in [2.05, 4.69) is 32.2 Å². The van der Waals surface area contributed by atoms with E-state index < -0.39 is 0 Å². The van der Waals surface area contributed by atoms with Gasteiger partial charge in [0.15, 0.2) is 0 Å². The highest BCUT2D eigenvalue weighted by Crippen LogP contribution is 2.23. The lowest BCUT2D eigenvalue weighted by atomic mass is 9.95. The summed E-state index contributed by atoms with van der Waals surface area (Å²) in [5, 5.41) is 3.96. The molecule has 0 saturated carbocycles. The molecule has 0 N–H and O–H groups in total. The minimum atomic E-state index is 0.130. The summed E-state index contributed by atoms with van der Waals surface area (Å²) in [7, 11) is 0. The van der Waals surface area contributed by atoms with Crippen molar-refractivity contribution in [1.29, 1.82) is 0 Å². The van der Waals surface area contributed by atoms with Crippen LogP contribution in [0, 0.1) is 5.92 Å². The van der Waals surface area contributed by atoms with Crippen LogP contribution in [0.1, 0.15) is 40.5 Å². The first-order valence-corrected chi connectivity index (χ1v) is 8.57. The third-order valence-corrected chi connectivity index (χ3v) is 3.11. The maximum atomic E-state index is 5.67. The summed E-state index contributed by atoms with van der Waals surface area (Å²) >= 11 is 0. The first-order chi connectivity index (χ1) is 11.2. The first-order valence-electron chi connectivity index (χ1n) is 8.57. The molecule has 23 heavy (non-hydrogen) atoms. The lowest BCUT2D eigenvalue weighted by molar-refractivity contribution is -0.0170. The Bertz CT molecular complexity index is 388. The molecular weight excluding hydrogens is 290 g/mol. The molecule has 1 fully saturated rings. The Morgan fingerprint density at radius 2 is 2.04 bits per heavy atom. The third kappa shape index (κ3) is 8.72. The molecule has 0 aromatic carbocycles. The number of hydrogen-bond donors (Lipinski definition) is 0. The predicted octanol–water partition coefficient (Wildman–Crippen LogP) is 4.54. The summed E-state index contributed by atoms with van der Waals surface area (Å²) in [6.07, 6.45) is 7.71. The number of allylic oxidation sites excluding steroid dienone is 2. The molecular formula is C19H33NO3. The second-order valence-corrected chi connectivity index (χ2v) is 5.15. The van der Waals surface area contributed by atoms with Gasteiger partial charge in [0.2, 0.25) is 0 Å². The Labute approximate surface area is 141 Å². The van der Waals surface area contributed by atoms with Crippen LogP contribution in [0.5, 0.6) is 0 Å². The summed E-state index contributed by atoms with van der Waals surface area (Å²) < 4.78 is 11.3. The second kappa shape index (κ2) is 14.2. The highest BCUT2D eigenvalue weighted by atomic mass is 16.6. The van der Waals surface area contributed by atoms with Crippen LogP contribution in [0.25, 0.3) is 0 Å². The average Bonchev–Trinajstić information content (AvgIpc) is 3.04. The zero-order valence-electron chi connectivity index (χ0n) is 15.2. The van der Waals surface area contributed by atoms with Gasteiger partial charge in [0.25, 0.3) is 0 Å². The standard InChI is InChI=1S/C14H19NO3.C3H8.C2H6/c1-3-5-11(4-2)7-16-9-13-6-12-8-18-15-14(12)10-17-13;1-3-2;1-2/h3-5,12-13H,1-2,6-10H2;3H2,1-2H3;1-2H3/b11-5+;;/t12?,13-;;/m1../s1. The molecule has 0 amide bonds. The molecule has 2 heterocycles. The molecule has 132 valence electrons. The highest BCUT2D eigenvalue weighted by molar-refractivity contribution is 5.89. The van der Waals surface area contributed by atoms with Gasteiger partial charge in [-0.1, -0.05) is 70.7 Å². The van der Waals surface area contributed by atoms with Gasteiger partial charge in [-0.2, -0.15) is 0 Å². The number of nitrogens with zero attached hydrogens (tertiary/aromatic N) is 1. The number of ether oxygens (including phenoxy) is 2. The van der Waals surface area contributed by atoms with Gasteiger partial charge in [-0.25, -0.2) is 0 Å². The Balaban J connectivity index is 0.000000868. The number of rotatable bonds is 6. The molecule has 0 spiro atoms. The highest BCUT2D eigenvalue weighted by Gasteiger charge is 2.32. The van der Waals surface area contributed by atoms with Crippen molar-refractivity contribution in [3.8, 4) is 0 Å². The van der Waals surface area contributed by atoms with Crippen molar-refractivity contribution >= 4 is 5.71 Å². The van der Waals surface area contributed by atoms with Crippen molar-refractivity contribution in [2.24, 2.45) is 11.1 Å². The van der Waals surface area contributed by atoms with Crippen molar-refractivity contribution in [3.63, 3.8) is 0 Å². The predicted molar refractivity (Wildman–Crippen MR) is 97.8 cm³/mol. The molecule has 0 aromatic heterocycles. The normalized spacial score (nSPS) is 22.3. The van der Waals surface area contributed by atoms with Gasteiger partial charge >= 0.3 is 0 Å². The molecule has 1 unspecified atom stereocenters. The Kier molecular flexibility index (Phi) is 13.4. The van der Waals surface area contributed by atoms with Gasteiger partial charge in [0.05, 0.1) is 31.6 Å². The van der Waals surface area contributed by atoms with Crippen LogP contribution in [0.4, 0.5) is 0 Å². The van der Waals surface area contributed by atoms with Crippen LogP contribution >= 0.6 is 0 Å². The van der Waals surface area contributed by atoms with Crippen molar-refractivity contribution in [3.05, 3.63) is 37.0 Å². The molecule has 0 bridgehead atoms. The quantitative estimate of drug-likeness (QED) is 0.674. The molecule has 0 aliphatic carbocycles. The SMILES string of the molecule is C=C/C=C(\C=C)COC[C@H]1CC2CON=C2CO1.CC.CCC. The Hall–Kier alpha value is -1.39. The molecule has 0 radical (unpaired) electrons. The lowest BCUT2D eigenvalue weighted by Crippen LogP contribution is -2.36. The van der Waals surface area contributed by atoms with E-state index in [1.807, 2.05) is 19.9 Å².